The van der Waals surface area contributed by atoms with Gasteiger partial charge in [-0.3, -0.25) is 4.79 Å². The molecule has 0 unspecified atom stereocenters. The third kappa shape index (κ3) is 3.44. The number of hydrogen-bond donors (Lipinski definition) is 3. The molecule has 1 rings (SSSR count). The first kappa shape index (κ1) is 13.5. The molecule has 0 heterocycles. The number of phenols is 1. The van der Waals surface area contributed by atoms with Crippen LogP contribution in [0.5, 0.6) is 11.5 Å². The molecule has 0 aliphatic heterocycles. The zero-order chi connectivity index (χ0) is 13.1. The van der Waals surface area contributed by atoms with Gasteiger partial charge in [0.1, 0.15) is 18.1 Å². The van der Waals surface area contributed by atoms with Gasteiger partial charge in [0.05, 0.1) is 11.1 Å². The van der Waals surface area contributed by atoms with Crippen molar-refractivity contribution in [3.63, 3.8) is 0 Å². The highest BCUT2D eigenvalue weighted by Crippen LogP contribution is 2.26. The molecule has 94 valence electrons. The second-order valence-corrected chi connectivity index (χ2v) is 4.37. The molecule has 0 saturated heterocycles. The minimum atomic E-state index is -0.988. The van der Waals surface area contributed by atoms with Crippen LogP contribution in [-0.4, -0.2) is 29.6 Å². The summed E-state index contributed by atoms with van der Waals surface area (Å²) in [7, 11) is 0. The Hall–Kier alpha value is -1.59. The van der Waals surface area contributed by atoms with E-state index in [0.717, 1.165) is 0 Å². The molecule has 0 amide bonds. The quantitative estimate of drug-likeness (QED) is 0.654. The molecule has 0 aliphatic carbocycles. The summed E-state index contributed by atoms with van der Waals surface area (Å²) in [5.41, 5.74) is 10.4. The Morgan fingerprint density at radius 2 is 2.12 bits per heavy atom. The molecule has 0 radical (unpaired) electrons. The number of aromatic hydroxyl groups is 1. The number of ether oxygens (including phenoxy) is 1. The minimum absolute atomic E-state index is 0.0309. The molecule has 0 spiro atoms. The molecule has 17 heavy (non-hydrogen) atoms. The van der Waals surface area contributed by atoms with E-state index in [0.29, 0.717) is 17.9 Å². The van der Waals surface area contributed by atoms with Crippen molar-refractivity contribution in [3.05, 3.63) is 23.8 Å². The van der Waals surface area contributed by atoms with Gasteiger partial charge in [-0.25, -0.2) is 0 Å². The molecule has 0 saturated carbocycles. The fraction of sp³-hybridized carbons (Fsp3) is 0.417. The van der Waals surface area contributed by atoms with Gasteiger partial charge in [0, 0.05) is 12.6 Å². The number of rotatable bonds is 5. The summed E-state index contributed by atoms with van der Waals surface area (Å²) in [6.07, 6.45) is 0. The summed E-state index contributed by atoms with van der Waals surface area (Å²) in [6, 6.07) is 4.31. The van der Waals surface area contributed by atoms with E-state index in [9.17, 15) is 9.90 Å². The van der Waals surface area contributed by atoms with E-state index in [1.165, 1.54) is 18.2 Å². The Bertz CT molecular complexity index is 411. The van der Waals surface area contributed by atoms with Crippen molar-refractivity contribution < 1.29 is 14.6 Å². The molecule has 0 atom stereocenters. The smallest absolute Gasteiger partial charge is 0.185 e. The zero-order valence-electron chi connectivity index (χ0n) is 10.1. The summed E-state index contributed by atoms with van der Waals surface area (Å²) >= 11 is 0. The van der Waals surface area contributed by atoms with Crippen LogP contribution >= 0.6 is 0 Å². The van der Waals surface area contributed by atoms with Gasteiger partial charge >= 0.3 is 0 Å². The summed E-state index contributed by atoms with van der Waals surface area (Å²) in [4.78, 5) is 12.0. The van der Waals surface area contributed by atoms with E-state index >= 15 is 0 Å². The van der Waals surface area contributed by atoms with Crippen LogP contribution in [0.4, 0.5) is 0 Å². The standard InChI is InChI=1S/C12H18N2O3/c1-12(2,14)11(16)9-4-3-8(15)7-10(9)17-6-5-13/h3-4,7,15H,5-6,13-14H2,1-2H3. The van der Waals surface area contributed by atoms with Crippen molar-refractivity contribution in [2.75, 3.05) is 13.2 Å². The van der Waals surface area contributed by atoms with Gasteiger partial charge in [-0.05, 0) is 26.0 Å². The van der Waals surface area contributed by atoms with Gasteiger partial charge in [0.2, 0.25) is 0 Å². The SMILES string of the molecule is CC(C)(N)C(=O)c1ccc(O)cc1OCCN. The molecule has 0 aliphatic rings. The molecular formula is C12H18N2O3. The average Bonchev–Trinajstić information content (AvgIpc) is 2.24. The first-order valence-electron chi connectivity index (χ1n) is 5.36. The van der Waals surface area contributed by atoms with Crippen molar-refractivity contribution in [2.45, 2.75) is 19.4 Å². The number of carbonyl (C=O) groups is 1. The Morgan fingerprint density at radius 1 is 1.47 bits per heavy atom. The fourth-order valence-corrected chi connectivity index (χ4v) is 1.33. The molecule has 5 N–H and O–H groups in total. The fourth-order valence-electron chi connectivity index (χ4n) is 1.33. The van der Waals surface area contributed by atoms with Crippen LogP contribution in [0.2, 0.25) is 0 Å². The lowest BCUT2D eigenvalue weighted by Gasteiger charge is -2.19. The molecule has 0 bridgehead atoms. The molecule has 0 fully saturated rings. The number of benzene rings is 1. The Balaban J connectivity index is 3.10. The van der Waals surface area contributed by atoms with Crippen LogP contribution in [0, 0.1) is 0 Å². The predicted octanol–water partition coefficient (Wildman–Crippen LogP) is 0.650. The van der Waals surface area contributed by atoms with Crippen LogP contribution in [0.3, 0.4) is 0 Å². The van der Waals surface area contributed by atoms with Gasteiger partial charge < -0.3 is 21.3 Å². The van der Waals surface area contributed by atoms with Gasteiger partial charge in [0.15, 0.2) is 5.78 Å². The van der Waals surface area contributed by atoms with Crippen LogP contribution in [0.25, 0.3) is 0 Å². The van der Waals surface area contributed by atoms with Crippen molar-refractivity contribution >= 4 is 5.78 Å². The van der Waals surface area contributed by atoms with E-state index in [1.807, 2.05) is 0 Å². The van der Waals surface area contributed by atoms with Crippen molar-refractivity contribution in [1.82, 2.24) is 0 Å². The molecular weight excluding hydrogens is 220 g/mol. The van der Waals surface area contributed by atoms with Gasteiger partial charge in [-0.15, -0.1) is 0 Å². The summed E-state index contributed by atoms with van der Waals surface area (Å²) in [5.74, 6) is 0.0897. The summed E-state index contributed by atoms with van der Waals surface area (Å²) in [6.45, 7) is 3.84. The van der Waals surface area contributed by atoms with E-state index in [2.05, 4.69) is 0 Å². The first-order valence-corrected chi connectivity index (χ1v) is 5.36. The Morgan fingerprint density at radius 3 is 2.65 bits per heavy atom. The highest BCUT2D eigenvalue weighted by atomic mass is 16.5. The lowest BCUT2D eigenvalue weighted by molar-refractivity contribution is 0.0909. The molecule has 1 aromatic rings. The predicted molar refractivity (Wildman–Crippen MR) is 65.3 cm³/mol. The lowest BCUT2D eigenvalue weighted by atomic mass is 9.94. The number of ketones is 1. The van der Waals surface area contributed by atoms with Crippen LogP contribution in [0.15, 0.2) is 18.2 Å². The summed E-state index contributed by atoms with van der Waals surface area (Å²) < 4.78 is 5.32. The van der Waals surface area contributed by atoms with Gasteiger partial charge in [-0.1, -0.05) is 0 Å². The minimum Gasteiger partial charge on any atom is -0.508 e. The Labute approximate surface area is 100 Å². The van der Waals surface area contributed by atoms with E-state index in [-0.39, 0.29) is 18.1 Å². The first-order chi connectivity index (χ1) is 7.86. The van der Waals surface area contributed by atoms with Crippen molar-refractivity contribution in [3.8, 4) is 11.5 Å². The van der Waals surface area contributed by atoms with Crippen LogP contribution < -0.4 is 16.2 Å². The number of phenolic OH excluding ortho intramolecular Hbond substituents is 1. The number of nitrogens with two attached hydrogens (primary N) is 2. The highest BCUT2D eigenvalue weighted by molar-refractivity contribution is 6.04. The largest absolute Gasteiger partial charge is 0.508 e. The number of Topliss-reactive ketones (excluding diaryl/α,β-unsaturated/α-hetero) is 1. The normalized spacial score (nSPS) is 11.3. The second-order valence-electron chi connectivity index (χ2n) is 4.37. The highest BCUT2D eigenvalue weighted by Gasteiger charge is 2.26. The maximum Gasteiger partial charge on any atom is 0.185 e. The van der Waals surface area contributed by atoms with Gasteiger partial charge in [-0.2, -0.15) is 0 Å². The maximum atomic E-state index is 12.0. The topological polar surface area (TPSA) is 98.6 Å². The molecule has 5 nitrogen and oxygen atoms in total. The third-order valence-electron chi connectivity index (χ3n) is 2.17. The average molecular weight is 238 g/mol. The second kappa shape index (κ2) is 5.16. The summed E-state index contributed by atoms with van der Waals surface area (Å²) in [5, 5.41) is 9.37. The zero-order valence-corrected chi connectivity index (χ0v) is 10.1. The van der Waals surface area contributed by atoms with Crippen molar-refractivity contribution in [2.24, 2.45) is 11.5 Å². The van der Waals surface area contributed by atoms with Gasteiger partial charge in [0.25, 0.3) is 0 Å². The molecule has 5 heteroatoms. The maximum absolute atomic E-state index is 12.0. The van der Waals surface area contributed by atoms with E-state index < -0.39 is 5.54 Å². The van der Waals surface area contributed by atoms with E-state index in [1.54, 1.807) is 13.8 Å². The number of hydrogen-bond acceptors (Lipinski definition) is 5. The van der Waals surface area contributed by atoms with Crippen LogP contribution in [-0.2, 0) is 0 Å². The Kier molecular flexibility index (Phi) is 4.09. The number of carbonyl (C=O) groups excluding carboxylic acids is 1. The van der Waals surface area contributed by atoms with Crippen LogP contribution in [0.1, 0.15) is 24.2 Å². The van der Waals surface area contributed by atoms with Crippen molar-refractivity contribution in [1.29, 1.82) is 0 Å². The van der Waals surface area contributed by atoms with E-state index in [4.69, 9.17) is 16.2 Å². The third-order valence-corrected chi connectivity index (χ3v) is 2.17. The lowest BCUT2D eigenvalue weighted by Crippen LogP contribution is -2.41. The monoisotopic (exact) mass is 238 g/mol. The molecule has 1 aromatic carbocycles. The molecule has 0 aromatic heterocycles.